The Morgan fingerprint density at radius 2 is 2.16 bits per heavy atom. The van der Waals surface area contributed by atoms with Crippen LogP contribution in [-0.4, -0.2) is 28.1 Å². The fraction of sp³-hybridized carbons (Fsp3) is 0.455. The van der Waals surface area contributed by atoms with E-state index in [1.165, 1.54) is 26.0 Å². The molecule has 0 unspecified atom stereocenters. The van der Waals surface area contributed by atoms with E-state index in [-0.39, 0.29) is 18.2 Å². The number of aromatic nitrogens is 1. The second-order valence-corrected chi connectivity index (χ2v) is 4.86. The largest absolute Gasteiger partial charge is 0.463 e. The van der Waals surface area contributed by atoms with Gasteiger partial charge in [0, 0.05) is 6.07 Å². The Morgan fingerprint density at radius 1 is 1.53 bits per heavy atom. The first-order valence-electron chi connectivity index (χ1n) is 5.45. The van der Waals surface area contributed by atoms with Gasteiger partial charge in [0.25, 0.3) is 5.88 Å². The lowest BCUT2D eigenvalue weighted by Gasteiger charge is -2.23. The molecular weight excluding hydrogens is 320 g/mol. The summed E-state index contributed by atoms with van der Waals surface area (Å²) in [5.74, 6) is -0.858. The molecule has 0 radical (unpaired) electrons. The number of halogens is 1. The minimum absolute atomic E-state index is 0.194. The van der Waals surface area contributed by atoms with E-state index in [0.29, 0.717) is 4.60 Å². The maximum Gasteiger partial charge on any atom is 0.349 e. The predicted octanol–water partition coefficient (Wildman–Crippen LogP) is 2.47. The summed E-state index contributed by atoms with van der Waals surface area (Å²) in [6.45, 7) is 4.77. The van der Waals surface area contributed by atoms with Crippen molar-refractivity contribution in [2.45, 2.75) is 26.4 Å². The van der Waals surface area contributed by atoms with Crippen LogP contribution in [0.15, 0.2) is 16.7 Å². The van der Waals surface area contributed by atoms with Gasteiger partial charge < -0.3 is 9.47 Å². The molecule has 0 aliphatic rings. The maximum absolute atomic E-state index is 11.7. The van der Waals surface area contributed by atoms with Gasteiger partial charge in [-0.1, -0.05) is 0 Å². The van der Waals surface area contributed by atoms with E-state index in [9.17, 15) is 14.9 Å². The third kappa shape index (κ3) is 3.88. The standard InChI is InChI=1S/C11H13BrN2O5/c1-4-18-10(15)11(2,3)19-9-7(14(16)17)5-6-8(12)13-9/h5-6H,4H2,1-3H3. The summed E-state index contributed by atoms with van der Waals surface area (Å²) in [4.78, 5) is 25.8. The zero-order valence-electron chi connectivity index (χ0n) is 10.7. The monoisotopic (exact) mass is 332 g/mol. The summed E-state index contributed by atoms with van der Waals surface area (Å²) in [5.41, 5.74) is -1.69. The van der Waals surface area contributed by atoms with Crippen LogP contribution in [0.2, 0.25) is 0 Å². The lowest BCUT2D eigenvalue weighted by Crippen LogP contribution is -2.40. The second kappa shape index (κ2) is 5.96. The lowest BCUT2D eigenvalue weighted by atomic mass is 10.1. The van der Waals surface area contributed by atoms with E-state index >= 15 is 0 Å². The van der Waals surface area contributed by atoms with Crippen molar-refractivity contribution in [3.05, 3.63) is 26.9 Å². The van der Waals surface area contributed by atoms with Crippen molar-refractivity contribution in [1.29, 1.82) is 0 Å². The van der Waals surface area contributed by atoms with Gasteiger partial charge in [0.15, 0.2) is 0 Å². The number of nitrogens with zero attached hydrogens (tertiary/aromatic N) is 2. The highest BCUT2D eigenvalue weighted by Gasteiger charge is 2.34. The minimum atomic E-state index is -1.37. The van der Waals surface area contributed by atoms with Crippen LogP contribution in [0.1, 0.15) is 20.8 Å². The fourth-order valence-electron chi connectivity index (χ4n) is 1.21. The SMILES string of the molecule is CCOC(=O)C(C)(C)Oc1nc(Br)ccc1[N+](=O)[O-]. The minimum Gasteiger partial charge on any atom is -0.463 e. The number of ether oxygens (including phenoxy) is 2. The molecular formula is C11H13BrN2O5. The van der Waals surface area contributed by atoms with Gasteiger partial charge in [-0.05, 0) is 42.8 Å². The molecule has 0 aromatic carbocycles. The molecule has 0 bridgehead atoms. The Morgan fingerprint density at radius 3 is 2.68 bits per heavy atom. The van der Waals surface area contributed by atoms with Crippen molar-refractivity contribution in [2.75, 3.05) is 6.61 Å². The number of carbonyl (C=O) groups is 1. The summed E-state index contributed by atoms with van der Waals surface area (Å²) < 4.78 is 10.5. The van der Waals surface area contributed by atoms with E-state index in [2.05, 4.69) is 20.9 Å². The third-order valence-corrected chi connectivity index (χ3v) is 2.56. The predicted molar refractivity (Wildman–Crippen MR) is 69.9 cm³/mol. The molecule has 1 heterocycles. The normalized spacial score (nSPS) is 10.9. The van der Waals surface area contributed by atoms with E-state index in [1.54, 1.807) is 6.92 Å². The molecule has 7 nitrogen and oxygen atoms in total. The van der Waals surface area contributed by atoms with Gasteiger partial charge in [0.05, 0.1) is 11.5 Å². The maximum atomic E-state index is 11.7. The van der Waals surface area contributed by atoms with Crippen molar-refractivity contribution in [1.82, 2.24) is 4.98 Å². The third-order valence-electron chi connectivity index (χ3n) is 2.12. The summed E-state index contributed by atoms with van der Waals surface area (Å²) in [7, 11) is 0. The van der Waals surface area contributed by atoms with Crippen LogP contribution in [0.5, 0.6) is 5.88 Å². The van der Waals surface area contributed by atoms with Crippen molar-refractivity contribution in [3.8, 4) is 5.88 Å². The number of hydrogen-bond donors (Lipinski definition) is 0. The zero-order valence-corrected chi connectivity index (χ0v) is 12.3. The molecule has 0 fully saturated rings. The molecule has 0 spiro atoms. The Labute approximate surface area is 118 Å². The molecule has 0 saturated carbocycles. The van der Waals surface area contributed by atoms with E-state index < -0.39 is 16.5 Å². The highest BCUT2D eigenvalue weighted by molar-refractivity contribution is 9.10. The van der Waals surface area contributed by atoms with Gasteiger partial charge in [-0.25, -0.2) is 9.78 Å². The molecule has 104 valence electrons. The van der Waals surface area contributed by atoms with Gasteiger partial charge in [0.1, 0.15) is 4.60 Å². The van der Waals surface area contributed by atoms with Crippen LogP contribution in [0.25, 0.3) is 0 Å². The number of carbonyl (C=O) groups excluding carboxylic acids is 1. The number of hydrogen-bond acceptors (Lipinski definition) is 6. The summed E-state index contributed by atoms with van der Waals surface area (Å²) in [6.07, 6.45) is 0. The Bertz CT molecular complexity index is 504. The quantitative estimate of drug-likeness (QED) is 0.356. The number of rotatable bonds is 5. The first-order chi connectivity index (χ1) is 8.77. The summed E-state index contributed by atoms with van der Waals surface area (Å²) in [5, 5.41) is 10.9. The molecule has 0 amide bonds. The van der Waals surface area contributed by atoms with Gasteiger partial charge >= 0.3 is 11.7 Å². The molecule has 0 aliphatic carbocycles. The van der Waals surface area contributed by atoms with Crippen LogP contribution in [-0.2, 0) is 9.53 Å². The zero-order chi connectivity index (χ0) is 14.6. The molecule has 1 rings (SSSR count). The number of nitro groups is 1. The number of pyridine rings is 1. The average Bonchev–Trinajstić information content (AvgIpc) is 2.28. The van der Waals surface area contributed by atoms with Crippen LogP contribution < -0.4 is 4.74 Å². The first-order valence-corrected chi connectivity index (χ1v) is 6.24. The summed E-state index contributed by atoms with van der Waals surface area (Å²) >= 11 is 3.09. The van der Waals surface area contributed by atoms with Gasteiger partial charge in [0.2, 0.25) is 5.60 Å². The van der Waals surface area contributed by atoms with Crippen LogP contribution in [0, 0.1) is 10.1 Å². The Hall–Kier alpha value is -1.70. The smallest absolute Gasteiger partial charge is 0.349 e. The van der Waals surface area contributed by atoms with E-state index in [1.807, 2.05) is 0 Å². The van der Waals surface area contributed by atoms with Gasteiger partial charge in [-0.2, -0.15) is 0 Å². The van der Waals surface area contributed by atoms with Gasteiger partial charge in [-0.3, -0.25) is 10.1 Å². The highest BCUT2D eigenvalue weighted by Crippen LogP contribution is 2.29. The molecule has 19 heavy (non-hydrogen) atoms. The molecule has 0 aliphatic heterocycles. The molecule has 0 atom stereocenters. The van der Waals surface area contributed by atoms with Crippen LogP contribution in [0.3, 0.4) is 0 Å². The van der Waals surface area contributed by atoms with Crippen molar-refractivity contribution >= 4 is 27.6 Å². The van der Waals surface area contributed by atoms with Crippen LogP contribution >= 0.6 is 15.9 Å². The highest BCUT2D eigenvalue weighted by atomic mass is 79.9. The molecule has 1 aromatic rings. The van der Waals surface area contributed by atoms with Crippen molar-refractivity contribution in [2.24, 2.45) is 0 Å². The molecule has 0 saturated heterocycles. The average molecular weight is 333 g/mol. The second-order valence-electron chi connectivity index (χ2n) is 4.05. The lowest BCUT2D eigenvalue weighted by molar-refractivity contribution is -0.386. The first kappa shape index (κ1) is 15.4. The van der Waals surface area contributed by atoms with Gasteiger partial charge in [-0.15, -0.1) is 0 Å². The summed E-state index contributed by atoms with van der Waals surface area (Å²) in [6, 6.07) is 2.66. The molecule has 0 N–H and O–H groups in total. The Kier molecular flexibility index (Phi) is 4.82. The van der Waals surface area contributed by atoms with Crippen molar-refractivity contribution in [3.63, 3.8) is 0 Å². The molecule has 8 heteroatoms. The van der Waals surface area contributed by atoms with Crippen LogP contribution in [0.4, 0.5) is 5.69 Å². The molecule has 1 aromatic heterocycles. The fourth-order valence-corrected chi connectivity index (χ4v) is 1.51. The van der Waals surface area contributed by atoms with E-state index in [0.717, 1.165) is 0 Å². The number of esters is 1. The Balaban J connectivity index is 3.07. The van der Waals surface area contributed by atoms with E-state index in [4.69, 9.17) is 9.47 Å². The topological polar surface area (TPSA) is 91.6 Å². The van der Waals surface area contributed by atoms with Crippen molar-refractivity contribution < 1.29 is 19.2 Å².